The van der Waals surface area contributed by atoms with Crippen molar-refractivity contribution < 1.29 is 0 Å². The van der Waals surface area contributed by atoms with Crippen molar-refractivity contribution in [2.24, 2.45) is 0 Å². The van der Waals surface area contributed by atoms with Crippen LogP contribution in [0.15, 0.2) is 18.3 Å². The molecule has 1 saturated carbocycles. The molecule has 0 atom stereocenters. The van der Waals surface area contributed by atoms with Crippen LogP contribution in [0.1, 0.15) is 49.3 Å². The fourth-order valence-corrected chi connectivity index (χ4v) is 2.78. The number of pyridine rings is 1. The molecule has 2 heterocycles. The van der Waals surface area contributed by atoms with Gasteiger partial charge >= 0.3 is 0 Å². The third-order valence-corrected chi connectivity index (χ3v) is 3.67. The first-order valence-electron chi connectivity index (χ1n) is 6.28. The topological polar surface area (TPSA) is 28.7 Å². The zero-order valence-electron chi connectivity index (χ0n) is 9.79. The lowest BCUT2D eigenvalue weighted by atomic mass is 9.87. The van der Waals surface area contributed by atoms with Crippen LogP contribution in [0.2, 0.25) is 0 Å². The third-order valence-electron chi connectivity index (χ3n) is 3.67. The van der Waals surface area contributed by atoms with Crippen LogP contribution in [0.3, 0.4) is 0 Å². The van der Waals surface area contributed by atoms with Crippen LogP contribution in [-0.4, -0.2) is 9.97 Å². The summed E-state index contributed by atoms with van der Waals surface area (Å²) in [5, 5.41) is 1.26. The maximum atomic E-state index is 4.44. The van der Waals surface area contributed by atoms with Crippen LogP contribution in [0.5, 0.6) is 0 Å². The van der Waals surface area contributed by atoms with Gasteiger partial charge in [0.1, 0.15) is 5.65 Å². The minimum atomic E-state index is 0.739. The molecule has 1 aliphatic carbocycles. The highest BCUT2D eigenvalue weighted by atomic mass is 14.9. The summed E-state index contributed by atoms with van der Waals surface area (Å²) in [6, 6.07) is 4.51. The molecule has 2 aromatic rings. The molecule has 0 radical (unpaired) electrons. The zero-order valence-corrected chi connectivity index (χ0v) is 9.79. The molecule has 2 heteroatoms. The molecule has 0 aromatic carbocycles. The first-order valence-corrected chi connectivity index (χ1v) is 6.28. The maximum absolute atomic E-state index is 4.44. The Morgan fingerprint density at radius 2 is 2.00 bits per heavy atom. The first-order chi connectivity index (χ1) is 7.83. The number of aromatic nitrogens is 2. The first kappa shape index (κ1) is 9.88. The fraction of sp³-hybridized carbons (Fsp3) is 0.500. The number of aryl methyl sites for hydroxylation is 1. The van der Waals surface area contributed by atoms with Crippen LogP contribution >= 0.6 is 0 Å². The minimum absolute atomic E-state index is 0.739. The van der Waals surface area contributed by atoms with E-state index in [1.807, 2.05) is 6.20 Å². The van der Waals surface area contributed by atoms with Crippen molar-refractivity contribution in [2.75, 3.05) is 0 Å². The fourth-order valence-electron chi connectivity index (χ4n) is 2.78. The Morgan fingerprint density at radius 3 is 2.81 bits per heavy atom. The van der Waals surface area contributed by atoms with Gasteiger partial charge in [-0.05, 0) is 43.4 Å². The van der Waals surface area contributed by atoms with E-state index in [1.165, 1.54) is 48.7 Å². The number of aromatic amines is 1. The van der Waals surface area contributed by atoms with Gasteiger partial charge in [-0.3, -0.25) is 0 Å². The molecule has 0 aliphatic heterocycles. The van der Waals surface area contributed by atoms with Crippen molar-refractivity contribution >= 4 is 11.0 Å². The van der Waals surface area contributed by atoms with E-state index in [1.54, 1.807) is 0 Å². The number of rotatable bonds is 1. The van der Waals surface area contributed by atoms with E-state index in [4.69, 9.17) is 0 Å². The molecule has 0 unspecified atom stereocenters. The summed E-state index contributed by atoms with van der Waals surface area (Å²) in [5.74, 6) is 0.739. The molecule has 2 nitrogen and oxygen atoms in total. The molecule has 1 aliphatic rings. The van der Waals surface area contributed by atoms with E-state index in [9.17, 15) is 0 Å². The molecule has 3 rings (SSSR count). The SMILES string of the molecule is Cc1cnc2[nH]c(C3CCCCC3)cc2c1. The van der Waals surface area contributed by atoms with Gasteiger partial charge in [0.05, 0.1) is 0 Å². The summed E-state index contributed by atoms with van der Waals surface area (Å²) < 4.78 is 0. The van der Waals surface area contributed by atoms with Gasteiger partial charge in [-0.2, -0.15) is 0 Å². The van der Waals surface area contributed by atoms with E-state index in [0.717, 1.165) is 11.6 Å². The van der Waals surface area contributed by atoms with Gasteiger partial charge in [0, 0.05) is 17.3 Å². The molecule has 84 valence electrons. The number of nitrogens with one attached hydrogen (secondary N) is 1. The Labute approximate surface area is 96.1 Å². The van der Waals surface area contributed by atoms with Crippen molar-refractivity contribution in [1.82, 2.24) is 9.97 Å². The molecule has 1 N–H and O–H groups in total. The van der Waals surface area contributed by atoms with Gasteiger partial charge < -0.3 is 4.98 Å². The van der Waals surface area contributed by atoms with Crippen LogP contribution in [0.4, 0.5) is 0 Å². The number of nitrogens with zero attached hydrogens (tertiary/aromatic N) is 1. The lowest BCUT2D eigenvalue weighted by molar-refractivity contribution is 0.438. The number of fused-ring (bicyclic) bond motifs is 1. The quantitative estimate of drug-likeness (QED) is 0.765. The van der Waals surface area contributed by atoms with Crippen LogP contribution in [-0.2, 0) is 0 Å². The molecular formula is C14H18N2. The summed E-state index contributed by atoms with van der Waals surface area (Å²) in [6.45, 7) is 2.10. The lowest BCUT2D eigenvalue weighted by Gasteiger charge is -2.20. The van der Waals surface area contributed by atoms with E-state index >= 15 is 0 Å². The van der Waals surface area contributed by atoms with Gasteiger partial charge in [0.25, 0.3) is 0 Å². The largest absolute Gasteiger partial charge is 0.343 e. The molecule has 0 saturated heterocycles. The smallest absolute Gasteiger partial charge is 0.137 e. The average molecular weight is 214 g/mol. The molecule has 16 heavy (non-hydrogen) atoms. The summed E-state index contributed by atoms with van der Waals surface area (Å²) >= 11 is 0. The molecule has 0 spiro atoms. The molecular weight excluding hydrogens is 196 g/mol. The van der Waals surface area contributed by atoms with Crippen molar-refractivity contribution in [1.29, 1.82) is 0 Å². The normalized spacial score (nSPS) is 18.1. The van der Waals surface area contributed by atoms with Gasteiger partial charge in [0.15, 0.2) is 0 Å². The summed E-state index contributed by atoms with van der Waals surface area (Å²) in [5.41, 5.74) is 3.68. The Kier molecular flexibility index (Phi) is 2.43. The second kappa shape index (κ2) is 3.93. The van der Waals surface area contributed by atoms with E-state index in [2.05, 4.69) is 29.0 Å². The van der Waals surface area contributed by atoms with E-state index in [0.29, 0.717) is 0 Å². The van der Waals surface area contributed by atoms with Crippen molar-refractivity contribution in [3.8, 4) is 0 Å². The molecule has 2 aromatic heterocycles. The van der Waals surface area contributed by atoms with Crippen LogP contribution in [0.25, 0.3) is 11.0 Å². The van der Waals surface area contributed by atoms with Gasteiger partial charge in [-0.25, -0.2) is 4.98 Å². The Hall–Kier alpha value is -1.31. The lowest BCUT2D eigenvalue weighted by Crippen LogP contribution is -2.04. The number of H-pyrrole nitrogens is 1. The predicted molar refractivity (Wildman–Crippen MR) is 66.7 cm³/mol. The highest BCUT2D eigenvalue weighted by Gasteiger charge is 2.17. The Balaban J connectivity index is 1.97. The zero-order chi connectivity index (χ0) is 11.0. The molecule has 0 bridgehead atoms. The number of hydrogen-bond acceptors (Lipinski definition) is 1. The van der Waals surface area contributed by atoms with Crippen LogP contribution < -0.4 is 0 Å². The van der Waals surface area contributed by atoms with E-state index in [-0.39, 0.29) is 0 Å². The van der Waals surface area contributed by atoms with Gasteiger partial charge in [-0.1, -0.05) is 19.3 Å². The van der Waals surface area contributed by atoms with Crippen molar-refractivity contribution in [3.63, 3.8) is 0 Å². The van der Waals surface area contributed by atoms with Crippen LogP contribution in [0, 0.1) is 6.92 Å². The maximum Gasteiger partial charge on any atom is 0.137 e. The standard InChI is InChI=1S/C14H18N2/c1-10-7-12-8-13(16-14(12)15-9-10)11-5-3-2-4-6-11/h7-9,11H,2-6H2,1H3,(H,15,16). The highest BCUT2D eigenvalue weighted by molar-refractivity contribution is 5.77. The second-order valence-electron chi connectivity index (χ2n) is 5.01. The second-order valence-corrected chi connectivity index (χ2v) is 5.01. The highest BCUT2D eigenvalue weighted by Crippen LogP contribution is 2.33. The van der Waals surface area contributed by atoms with E-state index < -0.39 is 0 Å². The summed E-state index contributed by atoms with van der Waals surface area (Å²) in [6.07, 6.45) is 8.79. The van der Waals surface area contributed by atoms with Crippen molar-refractivity contribution in [3.05, 3.63) is 29.6 Å². The van der Waals surface area contributed by atoms with Gasteiger partial charge in [-0.15, -0.1) is 0 Å². The molecule has 1 fully saturated rings. The van der Waals surface area contributed by atoms with Gasteiger partial charge in [0.2, 0.25) is 0 Å². The molecule has 0 amide bonds. The Bertz CT molecular complexity index is 492. The predicted octanol–water partition coefficient (Wildman–Crippen LogP) is 3.92. The summed E-state index contributed by atoms with van der Waals surface area (Å²) in [7, 11) is 0. The van der Waals surface area contributed by atoms with Crippen molar-refractivity contribution in [2.45, 2.75) is 44.9 Å². The minimum Gasteiger partial charge on any atom is -0.343 e. The third kappa shape index (κ3) is 1.73. The Morgan fingerprint density at radius 1 is 1.19 bits per heavy atom. The number of hydrogen-bond donors (Lipinski definition) is 1. The average Bonchev–Trinajstić information content (AvgIpc) is 2.73. The monoisotopic (exact) mass is 214 g/mol. The summed E-state index contributed by atoms with van der Waals surface area (Å²) in [4.78, 5) is 7.92.